The molecule has 0 aromatic carbocycles. The van der Waals surface area contributed by atoms with Crippen LogP contribution in [0.5, 0.6) is 0 Å². The molecule has 0 saturated carbocycles. The zero-order valence-corrected chi connectivity index (χ0v) is 10.9. The third kappa shape index (κ3) is 2.92. The van der Waals surface area contributed by atoms with E-state index in [4.69, 9.17) is 22.7 Å². The highest BCUT2D eigenvalue weighted by molar-refractivity contribution is 7.80. The highest BCUT2D eigenvalue weighted by Crippen LogP contribution is 2.19. The van der Waals surface area contributed by atoms with Crippen molar-refractivity contribution in [1.29, 1.82) is 0 Å². The van der Waals surface area contributed by atoms with E-state index in [-0.39, 0.29) is 12.2 Å². The average molecular weight is 251 g/mol. The van der Waals surface area contributed by atoms with Crippen LogP contribution in [0.1, 0.15) is 19.4 Å². The lowest BCUT2D eigenvalue weighted by molar-refractivity contribution is -0.00545. The summed E-state index contributed by atoms with van der Waals surface area (Å²) in [6.07, 6.45) is 2.18. The predicted molar refractivity (Wildman–Crippen MR) is 72.3 cm³/mol. The van der Waals surface area contributed by atoms with Gasteiger partial charge < -0.3 is 15.4 Å². The summed E-state index contributed by atoms with van der Waals surface area (Å²) in [6, 6.07) is 3.77. The summed E-state index contributed by atoms with van der Waals surface area (Å²) in [7, 11) is 0. The second-order valence-electron chi connectivity index (χ2n) is 4.43. The number of hydrogen-bond donors (Lipinski definition) is 1. The molecule has 4 nitrogen and oxygen atoms in total. The second-order valence-corrected chi connectivity index (χ2v) is 4.87. The lowest BCUT2D eigenvalue weighted by atomic mass is 10.2. The summed E-state index contributed by atoms with van der Waals surface area (Å²) in [5, 5.41) is 0. The van der Waals surface area contributed by atoms with Crippen LogP contribution in [0.15, 0.2) is 18.3 Å². The van der Waals surface area contributed by atoms with Crippen LogP contribution in [-0.4, -0.2) is 35.3 Å². The molecular formula is C12H17N3OS. The minimum atomic E-state index is 0.217. The molecule has 92 valence electrons. The molecule has 5 heteroatoms. The Balaban J connectivity index is 2.21. The molecule has 0 bridgehead atoms. The van der Waals surface area contributed by atoms with Crippen LogP contribution >= 0.6 is 12.2 Å². The van der Waals surface area contributed by atoms with Crippen LogP contribution in [-0.2, 0) is 4.74 Å². The molecular weight excluding hydrogens is 234 g/mol. The lowest BCUT2D eigenvalue weighted by Crippen LogP contribution is -2.45. The van der Waals surface area contributed by atoms with Crippen molar-refractivity contribution in [1.82, 2.24) is 4.98 Å². The van der Waals surface area contributed by atoms with Crippen molar-refractivity contribution in [3.05, 3.63) is 23.9 Å². The van der Waals surface area contributed by atoms with Gasteiger partial charge in [-0.3, -0.25) is 0 Å². The molecule has 1 aromatic heterocycles. The first kappa shape index (κ1) is 12.3. The zero-order chi connectivity index (χ0) is 12.4. The zero-order valence-electron chi connectivity index (χ0n) is 10.1. The number of ether oxygens (including phenoxy) is 1. The Bertz CT molecular complexity index is 414. The lowest BCUT2D eigenvalue weighted by Gasteiger charge is -2.36. The molecule has 1 aliphatic heterocycles. The number of morpholine rings is 1. The molecule has 1 aromatic rings. The van der Waals surface area contributed by atoms with Crippen molar-refractivity contribution in [2.75, 3.05) is 18.0 Å². The van der Waals surface area contributed by atoms with Crippen molar-refractivity contribution in [2.45, 2.75) is 26.1 Å². The van der Waals surface area contributed by atoms with Crippen molar-refractivity contribution in [3.8, 4) is 0 Å². The van der Waals surface area contributed by atoms with Gasteiger partial charge in [0.2, 0.25) is 0 Å². The van der Waals surface area contributed by atoms with Gasteiger partial charge >= 0.3 is 0 Å². The van der Waals surface area contributed by atoms with E-state index in [1.54, 1.807) is 6.20 Å². The molecule has 2 heterocycles. The van der Waals surface area contributed by atoms with Crippen LogP contribution in [0.25, 0.3) is 0 Å². The maximum absolute atomic E-state index is 5.70. The standard InChI is InChI=1S/C12H17N3OS/c1-8-6-15(7-9(2)16-8)11-5-10(12(13)17)3-4-14-11/h3-5,8-9H,6-7H2,1-2H3,(H2,13,17). The Morgan fingerprint density at radius 3 is 2.71 bits per heavy atom. The summed E-state index contributed by atoms with van der Waals surface area (Å²) in [5.74, 6) is 0.914. The number of hydrogen-bond acceptors (Lipinski definition) is 4. The van der Waals surface area contributed by atoms with E-state index in [1.165, 1.54) is 0 Å². The summed E-state index contributed by atoms with van der Waals surface area (Å²) in [4.78, 5) is 6.98. The monoisotopic (exact) mass is 251 g/mol. The van der Waals surface area contributed by atoms with Gasteiger partial charge in [0, 0.05) is 24.8 Å². The molecule has 0 spiro atoms. The van der Waals surface area contributed by atoms with E-state index in [0.29, 0.717) is 4.99 Å². The first-order valence-corrected chi connectivity index (χ1v) is 6.13. The van der Waals surface area contributed by atoms with E-state index in [9.17, 15) is 0 Å². The molecule has 1 saturated heterocycles. The second kappa shape index (κ2) is 4.98. The SMILES string of the molecule is CC1CN(c2cc(C(N)=S)ccn2)CC(C)O1. The van der Waals surface area contributed by atoms with E-state index < -0.39 is 0 Å². The summed E-state index contributed by atoms with van der Waals surface area (Å²) in [5.41, 5.74) is 6.49. The fourth-order valence-electron chi connectivity index (χ4n) is 2.11. The molecule has 1 fully saturated rings. The van der Waals surface area contributed by atoms with E-state index in [2.05, 4.69) is 23.7 Å². The van der Waals surface area contributed by atoms with Crippen molar-refractivity contribution >= 4 is 23.0 Å². The van der Waals surface area contributed by atoms with Gasteiger partial charge in [-0.25, -0.2) is 4.98 Å². The molecule has 1 aliphatic rings. The maximum Gasteiger partial charge on any atom is 0.129 e. The van der Waals surface area contributed by atoms with Gasteiger partial charge in [0.05, 0.1) is 12.2 Å². The van der Waals surface area contributed by atoms with E-state index in [0.717, 1.165) is 24.5 Å². The van der Waals surface area contributed by atoms with E-state index >= 15 is 0 Å². The Morgan fingerprint density at radius 1 is 1.47 bits per heavy atom. The fourth-order valence-corrected chi connectivity index (χ4v) is 2.24. The number of anilines is 1. The van der Waals surface area contributed by atoms with E-state index in [1.807, 2.05) is 12.1 Å². The number of pyridine rings is 1. The third-order valence-corrected chi connectivity index (χ3v) is 3.01. The van der Waals surface area contributed by atoms with Gasteiger partial charge in [-0.15, -0.1) is 0 Å². The number of nitrogens with two attached hydrogens (primary N) is 1. The Hall–Kier alpha value is -1.20. The van der Waals surface area contributed by atoms with Gasteiger partial charge in [-0.2, -0.15) is 0 Å². The normalized spacial score (nSPS) is 24.7. The summed E-state index contributed by atoms with van der Waals surface area (Å²) in [6.45, 7) is 5.83. The average Bonchev–Trinajstić information content (AvgIpc) is 2.28. The topological polar surface area (TPSA) is 51.4 Å². The first-order chi connectivity index (χ1) is 8.06. The summed E-state index contributed by atoms with van der Waals surface area (Å²) < 4.78 is 5.70. The molecule has 0 aliphatic carbocycles. The highest BCUT2D eigenvalue weighted by atomic mass is 32.1. The molecule has 2 atom stereocenters. The molecule has 2 rings (SSSR count). The van der Waals surface area contributed by atoms with Crippen molar-refractivity contribution in [2.24, 2.45) is 5.73 Å². The van der Waals surface area contributed by atoms with Crippen LogP contribution in [0.3, 0.4) is 0 Å². The number of rotatable bonds is 2. The Kier molecular flexibility index (Phi) is 3.59. The largest absolute Gasteiger partial charge is 0.389 e. The van der Waals surface area contributed by atoms with Crippen LogP contribution in [0.2, 0.25) is 0 Å². The van der Waals surface area contributed by atoms with Crippen LogP contribution in [0, 0.1) is 0 Å². The van der Waals surface area contributed by atoms with Crippen LogP contribution < -0.4 is 10.6 Å². The molecule has 0 radical (unpaired) electrons. The van der Waals surface area contributed by atoms with Gasteiger partial charge in [-0.1, -0.05) is 12.2 Å². The molecule has 17 heavy (non-hydrogen) atoms. The van der Waals surface area contributed by atoms with Crippen LogP contribution in [0.4, 0.5) is 5.82 Å². The summed E-state index contributed by atoms with van der Waals surface area (Å²) >= 11 is 4.98. The smallest absolute Gasteiger partial charge is 0.129 e. The Labute approximate surface area is 107 Å². The van der Waals surface area contributed by atoms with Gasteiger partial charge in [0.25, 0.3) is 0 Å². The predicted octanol–water partition coefficient (Wildman–Crippen LogP) is 1.33. The van der Waals surface area contributed by atoms with Gasteiger partial charge in [-0.05, 0) is 26.0 Å². The number of aromatic nitrogens is 1. The minimum Gasteiger partial charge on any atom is -0.389 e. The fraction of sp³-hybridized carbons (Fsp3) is 0.500. The van der Waals surface area contributed by atoms with Crippen molar-refractivity contribution in [3.63, 3.8) is 0 Å². The van der Waals surface area contributed by atoms with Gasteiger partial charge in [0.1, 0.15) is 10.8 Å². The van der Waals surface area contributed by atoms with Crippen molar-refractivity contribution < 1.29 is 4.74 Å². The third-order valence-electron chi connectivity index (χ3n) is 2.77. The minimum absolute atomic E-state index is 0.217. The molecule has 2 N–H and O–H groups in total. The first-order valence-electron chi connectivity index (χ1n) is 5.72. The highest BCUT2D eigenvalue weighted by Gasteiger charge is 2.23. The number of thiocarbonyl (C=S) groups is 1. The quantitative estimate of drug-likeness (QED) is 0.804. The maximum atomic E-state index is 5.70. The number of nitrogens with zero attached hydrogens (tertiary/aromatic N) is 2. The molecule has 2 unspecified atom stereocenters. The Morgan fingerprint density at radius 2 is 2.12 bits per heavy atom. The van der Waals surface area contributed by atoms with Gasteiger partial charge in [0.15, 0.2) is 0 Å². The molecule has 0 amide bonds.